The number of dihydropyridines is 1. The molecule has 5 rings (SSSR count). The summed E-state index contributed by atoms with van der Waals surface area (Å²) in [7, 11) is -3.38. The van der Waals surface area contributed by atoms with Gasteiger partial charge >= 0.3 is 0 Å². The van der Waals surface area contributed by atoms with E-state index in [0.717, 1.165) is 68.0 Å². The van der Waals surface area contributed by atoms with Gasteiger partial charge < -0.3 is 20.4 Å². The van der Waals surface area contributed by atoms with Gasteiger partial charge in [-0.1, -0.05) is 79.7 Å². The van der Waals surface area contributed by atoms with Crippen molar-refractivity contribution in [1.29, 1.82) is 0 Å². The van der Waals surface area contributed by atoms with Crippen molar-refractivity contribution in [3.05, 3.63) is 124 Å². The van der Waals surface area contributed by atoms with E-state index in [4.69, 9.17) is 0 Å². The van der Waals surface area contributed by atoms with Gasteiger partial charge in [0, 0.05) is 29.6 Å². The number of benzene rings is 3. The third kappa shape index (κ3) is 6.95. The smallest absolute Gasteiger partial charge is 0.213 e. The van der Waals surface area contributed by atoms with Crippen molar-refractivity contribution >= 4 is 22.7 Å². The zero-order chi connectivity index (χ0) is 32.7. The Bertz CT molecular complexity index is 1640. The number of allylic oxidation sites excluding steroid dienone is 2. The number of likely N-dealkylation sites (tertiary alicyclic amines) is 1. The highest BCUT2D eigenvalue weighted by Crippen LogP contribution is 2.42. The Hall–Kier alpha value is -4.21. The quantitative estimate of drug-likeness (QED) is 0.246. The molecule has 0 saturated carbocycles. The molecular weight excluding hydrogens is 596 g/mol. The predicted octanol–water partition coefficient (Wildman–Crippen LogP) is 5.31. The van der Waals surface area contributed by atoms with Crippen LogP contribution >= 0.6 is 0 Å². The summed E-state index contributed by atoms with van der Waals surface area (Å²) < 4.78 is 24.3. The van der Waals surface area contributed by atoms with Crippen LogP contribution in [0.25, 0.3) is 0 Å². The summed E-state index contributed by atoms with van der Waals surface area (Å²) >= 11 is 0. The number of sulfone groups is 1. The highest BCUT2D eigenvalue weighted by atomic mass is 32.2. The molecule has 1 fully saturated rings. The second-order valence-corrected chi connectivity index (χ2v) is 14.2. The first-order valence-corrected chi connectivity index (χ1v) is 17.9. The third-order valence-corrected chi connectivity index (χ3v) is 10.6. The second kappa shape index (κ2) is 14.5. The zero-order valence-electron chi connectivity index (χ0n) is 26.9. The van der Waals surface area contributed by atoms with Crippen LogP contribution in [0.3, 0.4) is 0 Å². The molecule has 0 aliphatic carbocycles. The van der Waals surface area contributed by atoms with Crippen molar-refractivity contribution in [2.24, 2.45) is 0 Å². The van der Waals surface area contributed by atoms with E-state index < -0.39 is 15.8 Å². The van der Waals surface area contributed by atoms with E-state index in [9.17, 15) is 18.0 Å². The van der Waals surface area contributed by atoms with E-state index in [2.05, 4.69) is 76.2 Å². The van der Waals surface area contributed by atoms with Gasteiger partial charge in [-0.15, -0.1) is 0 Å². The average molecular weight is 641 g/mol. The highest BCUT2D eigenvalue weighted by molar-refractivity contribution is 7.90. The Kier molecular flexibility index (Phi) is 10.4. The molecule has 46 heavy (non-hydrogen) atoms. The van der Waals surface area contributed by atoms with Gasteiger partial charge in [0.15, 0.2) is 9.84 Å². The number of carbonyl (C=O) groups excluding carboxylic acids is 2. The van der Waals surface area contributed by atoms with Gasteiger partial charge in [-0.25, -0.2) is 8.42 Å². The van der Waals surface area contributed by atoms with E-state index in [1.807, 2.05) is 13.8 Å². The first kappa shape index (κ1) is 33.2. The van der Waals surface area contributed by atoms with Gasteiger partial charge in [-0.2, -0.15) is 0 Å². The van der Waals surface area contributed by atoms with E-state index in [-0.39, 0.29) is 10.3 Å². The summed E-state index contributed by atoms with van der Waals surface area (Å²) in [5.74, 6) is -0.451. The molecule has 2 N–H and O–H groups in total. The lowest BCUT2D eigenvalue weighted by Crippen LogP contribution is -2.44. The molecule has 2 heterocycles. The number of piperidine rings is 1. The number of rotatable bonds is 13. The van der Waals surface area contributed by atoms with Crippen LogP contribution in [0.2, 0.25) is 0 Å². The summed E-state index contributed by atoms with van der Waals surface area (Å²) in [4.78, 5) is 28.9. The number of hydrogen-bond donors (Lipinski definition) is 2. The Morgan fingerprint density at radius 3 is 2.02 bits per heavy atom. The number of amides is 2. The number of hydrogen-bond acceptors (Lipinski definition) is 6. The molecule has 0 spiro atoms. The first-order valence-electron chi connectivity index (χ1n) is 16.0. The van der Waals surface area contributed by atoms with Crippen molar-refractivity contribution < 1.29 is 18.0 Å². The maximum absolute atomic E-state index is 12.7. The van der Waals surface area contributed by atoms with Crippen molar-refractivity contribution in [3.63, 3.8) is 0 Å². The van der Waals surface area contributed by atoms with Gasteiger partial charge in [0.1, 0.15) is 0 Å². The molecule has 2 aliphatic rings. The van der Waals surface area contributed by atoms with Crippen molar-refractivity contribution in [1.82, 2.24) is 20.4 Å². The molecular formula is C37H44N4O4S. The van der Waals surface area contributed by atoms with Crippen LogP contribution in [0.15, 0.2) is 113 Å². The van der Waals surface area contributed by atoms with E-state index >= 15 is 0 Å². The van der Waals surface area contributed by atoms with E-state index in [0.29, 0.717) is 25.1 Å². The standard InChI is InChI=1S/C37H44N4O4S/c1-4-33-35(38-26-42)34(29-16-18-32(19-17-29)46(3,44)45)36(28(2)39-33)41(27-43)23-11-22-40-24-20-37(21-25-40,30-12-7-5-8-13-30)31-14-9-6-10-15-31/h5-10,12-19,26-27,34,39H,4,11,20-25H2,1-3H3,(H,38,42). The van der Waals surface area contributed by atoms with E-state index in [1.54, 1.807) is 29.2 Å². The van der Waals surface area contributed by atoms with Gasteiger partial charge in [-0.05, 0) is 81.1 Å². The van der Waals surface area contributed by atoms with Gasteiger partial charge in [-0.3, -0.25) is 9.59 Å². The lowest BCUT2D eigenvalue weighted by atomic mass is 9.68. The third-order valence-electron chi connectivity index (χ3n) is 9.49. The molecule has 0 aromatic heterocycles. The SMILES string of the molecule is CCC1=C(NC=O)C(c2ccc(S(C)(=O)=O)cc2)C(N(C=O)CCCN2CCC(c3ccccc3)(c3ccccc3)CC2)=C(C)N1. The molecule has 3 aromatic carbocycles. The largest absolute Gasteiger partial charge is 0.360 e. The molecule has 1 atom stereocenters. The second-order valence-electron chi connectivity index (χ2n) is 12.2. The molecule has 3 aromatic rings. The van der Waals surface area contributed by atoms with E-state index in [1.165, 1.54) is 17.4 Å². The minimum absolute atomic E-state index is 0.0191. The van der Waals surface area contributed by atoms with Gasteiger partial charge in [0.2, 0.25) is 12.8 Å². The maximum Gasteiger partial charge on any atom is 0.213 e. The lowest BCUT2D eigenvalue weighted by Gasteiger charge is -2.43. The fourth-order valence-corrected chi connectivity index (χ4v) is 7.75. The zero-order valence-corrected chi connectivity index (χ0v) is 27.7. The van der Waals surface area contributed by atoms with Crippen LogP contribution in [0.5, 0.6) is 0 Å². The van der Waals surface area contributed by atoms with Crippen molar-refractivity contribution in [3.8, 4) is 0 Å². The summed E-state index contributed by atoms with van der Waals surface area (Å²) in [6, 6.07) is 28.3. The molecule has 0 radical (unpaired) electrons. The Labute approximate surface area is 273 Å². The summed E-state index contributed by atoms with van der Waals surface area (Å²) in [5.41, 5.74) is 6.57. The molecule has 2 amide bonds. The van der Waals surface area contributed by atoms with Gasteiger partial charge in [0.05, 0.1) is 22.2 Å². The van der Waals surface area contributed by atoms with Crippen molar-refractivity contribution in [2.45, 2.75) is 55.8 Å². The molecule has 1 saturated heterocycles. The fraction of sp³-hybridized carbons (Fsp3) is 0.351. The normalized spacial score (nSPS) is 18.5. The minimum Gasteiger partial charge on any atom is -0.360 e. The van der Waals surface area contributed by atoms with Crippen LogP contribution in [-0.4, -0.2) is 63.5 Å². The number of nitrogens with zero attached hydrogens (tertiary/aromatic N) is 2. The predicted molar refractivity (Wildman–Crippen MR) is 181 cm³/mol. The molecule has 2 aliphatic heterocycles. The Morgan fingerprint density at radius 2 is 1.52 bits per heavy atom. The highest BCUT2D eigenvalue weighted by Gasteiger charge is 2.38. The molecule has 9 heteroatoms. The summed E-state index contributed by atoms with van der Waals surface area (Å²) in [5, 5.41) is 6.30. The average Bonchev–Trinajstić information content (AvgIpc) is 3.08. The van der Waals surface area contributed by atoms with Crippen LogP contribution < -0.4 is 10.6 Å². The lowest BCUT2D eigenvalue weighted by molar-refractivity contribution is -0.116. The maximum atomic E-state index is 12.7. The number of nitrogens with one attached hydrogen (secondary N) is 2. The topological polar surface area (TPSA) is 98.8 Å². The minimum atomic E-state index is -3.38. The molecule has 0 bridgehead atoms. The summed E-state index contributed by atoms with van der Waals surface area (Å²) in [6.45, 7) is 7.21. The fourth-order valence-electron chi connectivity index (χ4n) is 7.12. The van der Waals surface area contributed by atoms with Crippen LogP contribution in [0.1, 0.15) is 62.1 Å². The first-order chi connectivity index (χ1) is 22.2. The Morgan fingerprint density at radius 1 is 0.935 bits per heavy atom. The van der Waals surface area contributed by atoms with Crippen LogP contribution in [0, 0.1) is 0 Å². The molecule has 242 valence electrons. The molecule has 8 nitrogen and oxygen atoms in total. The van der Waals surface area contributed by atoms with Crippen LogP contribution in [0.4, 0.5) is 0 Å². The monoisotopic (exact) mass is 640 g/mol. The Balaban J connectivity index is 1.33. The summed E-state index contributed by atoms with van der Waals surface area (Å²) in [6.07, 6.45) is 6.14. The van der Waals surface area contributed by atoms with Crippen LogP contribution in [-0.2, 0) is 24.8 Å². The van der Waals surface area contributed by atoms with Crippen molar-refractivity contribution in [2.75, 3.05) is 32.4 Å². The molecule has 1 unspecified atom stereocenters. The van der Waals surface area contributed by atoms with Gasteiger partial charge in [0.25, 0.3) is 0 Å². The number of carbonyl (C=O) groups is 2.